The number of hydrogen-bond donors (Lipinski definition) is 0. The lowest BCUT2D eigenvalue weighted by Gasteiger charge is -2.22. The molecule has 0 spiro atoms. The van der Waals surface area contributed by atoms with Crippen molar-refractivity contribution in [1.82, 2.24) is 24.7 Å². The molecule has 0 saturated heterocycles. The Hall–Kier alpha value is -2.56. The summed E-state index contributed by atoms with van der Waals surface area (Å²) in [5.74, 6) is 2.37. The van der Waals surface area contributed by atoms with Crippen molar-refractivity contribution in [1.29, 1.82) is 0 Å². The Morgan fingerprint density at radius 3 is 1.62 bits per heavy atom. The minimum atomic E-state index is -0.133. The first-order valence-corrected chi connectivity index (χ1v) is 8.91. The van der Waals surface area contributed by atoms with Crippen LogP contribution in [0.15, 0.2) is 36.5 Å². The van der Waals surface area contributed by atoms with Crippen LogP contribution in [0.3, 0.4) is 0 Å². The lowest BCUT2D eigenvalue weighted by atomic mass is 9.93. The van der Waals surface area contributed by atoms with Crippen LogP contribution in [-0.4, -0.2) is 24.7 Å². The van der Waals surface area contributed by atoms with Crippen molar-refractivity contribution in [3.05, 3.63) is 48.2 Å². The smallest absolute Gasteiger partial charge is 0.163 e. The molecule has 0 fully saturated rings. The molecule has 0 aliphatic carbocycles. The predicted molar refractivity (Wildman–Crippen MR) is 105 cm³/mol. The van der Waals surface area contributed by atoms with Gasteiger partial charge in [0.1, 0.15) is 11.6 Å². The van der Waals surface area contributed by atoms with E-state index < -0.39 is 0 Å². The van der Waals surface area contributed by atoms with Crippen LogP contribution in [0.1, 0.15) is 53.2 Å². The van der Waals surface area contributed by atoms with Gasteiger partial charge in [-0.25, -0.2) is 15.0 Å². The van der Waals surface area contributed by atoms with Crippen LogP contribution in [-0.2, 0) is 17.9 Å². The topological polar surface area (TPSA) is 56.5 Å². The summed E-state index contributed by atoms with van der Waals surface area (Å²) < 4.78 is 1.81. The van der Waals surface area contributed by atoms with Crippen LogP contribution in [0.4, 0.5) is 0 Å². The third-order valence-electron chi connectivity index (χ3n) is 4.13. The Morgan fingerprint density at radius 1 is 0.692 bits per heavy atom. The van der Waals surface area contributed by atoms with E-state index in [1.54, 1.807) is 4.68 Å². The van der Waals surface area contributed by atoms with Crippen LogP contribution in [0.2, 0.25) is 0 Å². The van der Waals surface area contributed by atoms with E-state index >= 15 is 0 Å². The van der Waals surface area contributed by atoms with Crippen LogP contribution in [0.5, 0.6) is 0 Å². The maximum atomic E-state index is 4.75. The summed E-state index contributed by atoms with van der Waals surface area (Å²) in [7, 11) is 1.92. The van der Waals surface area contributed by atoms with E-state index in [-0.39, 0.29) is 10.8 Å². The monoisotopic (exact) mass is 349 g/mol. The zero-order valence-electron chi connectivity index (χ0n) is 16.7. The number of hydrogen-bond acceptors (Lipinski definition) is 4. The summed E-state index contributed by atoms with van der Waals surface area (Å²) >= 11 is 0. The van der Waals surface area contributed by atoms with Gasteiger partial charge in [0.25, 0.3) is 0 Å². The SMILES string of the molecule is Cn1ccc(-c2ccc(-c3nc(C(C)(C)C)nc(C(C)(C)C)n3)cc2)n1. The highest BCUT2D eigenvalue weighted by molar-refractivity contribution is 5.65. The summed E-state index contributed by atoms with van der Waals surface area (Å²) in [5, 5.41) is 4.45. The van der Waals surface area contributed by atoms with Crippen molar-refractivity contribution in [3.8, 4) is 22.6 Å². The molecule has 3 aromatic rings. The second kappa shape index (κ2) is 6.31. The molecule has 0 saturated carbocycles. The second-order valence-corrected chi connectivity index (χ2v) is 8.76. The van der Waals surface area contributed by atoms with Crippen LogP contribution >= 0.6 is 0 Å². The minimum Gasteiger partial charge on any atom is -0.275 e. The molecular formula is C21H27N5. The van der Waals surface area contributed by atoms with Gasteiger partial charge in [-0.1, -0.05) is 65.8 Å². The van der Waals surface area contributed by atoms with Gasteiger partial charge in [0.15, 0.2) is 5.82 Å². The summed E-state index contributed by atoms with van der Waals surface area (Å²) in [5.41, 5.74) is 2.76. The molecule has 0 atom stereocenters. The molecule has 2 heterocycles. The molecule has 1 aromatic carbocycles. The average molecular weight is 349 g/mol. The molecule has 2 aromatic heterocycles. The molecule has 26 heavy (non-hydrogen) atoms. The van der Waals surface area contributed by atoms with Crippen LogP contribution < -0.4 is 0 Å². The number of rotatable bonds is 2. The van der Waals surface area contributed by atoms with Gasteiger partial charge < -0.3 is 0 Å². The predicted octanol–water partition coefficient (Wildman–Crippen LogP) is 4.53. The van der Waals surface area contributed by atoms with Crippen molar-refractivity contribution >= 4 is 0 Å². The Morgan fingerprint density at radius 2 is 1.19 bits per heavy atom. The quantitative estimate of drug-likeness (QED) is 0.682. The molecule has 0 aliphatic heterocycles. The van der Waals surface area contributed by atoms with E-state index in [4.69, 9.17) is 15.0 Å². The highest BCUT2D eigenvalue weighted by atomic mass is 15.2. The van der Waals surface area contributed by atoms with Crippen molar-refractivity contribution in [3.63, 3.8) is 0 Å². The highest BCUT2D eigenvalue weighted by Crippen LogP contribution is 2.27. The number of benzene rings is 1. The van der Waals surface area contributed by atoms with Gasteiger partial charge >= 0.3 is 0 Å². The Kier molecular flexibility index (Phi) is 4.42. The maximum absolute atomic E-state index is 4.75. The van der Waals surface area contributed by atoms with Crippen molar-refractivity contribution in [2.45, 2.75) is 52.4 Å². The van der Waals surface area contributed by atoms with E-state index in [0.29, 0.717) is 0 Å². The third-order valence-corrected chi connectivity index (χ3v) is 4.13. The first-order chi connectivity index (χ1) is 12.0. The molecule has 136 valence electrons. The Labute approximate surface area is 155 Å². The molecular weight excluding hydrogens is 322 g/mol. The lowest BCUT2D eigenvalue weighted by molar-refractivity contribution is 0.497. The standard InChI is InChI=1S/C21H27N5/c1-20(2,3)18-22-17(23-19(24-18)21(4,5)6)15-10-8-14(9-11-15)16-12-13-26(7)25-16/h8-13H,1-7H3. The van der Waals surface area contributed by atoms with E-state index in [1.807, 2.05) is 19.3 Å². The van der Waals surface area contributed by atoms with Gasteiger partial charge in [-0.3, -0.25) is 4.68 Å². The number of nitrogens with zero attached hydrogens (tertiary/aromatic N) is 5. The molecule has 0 aliphatic rings. The maximum Gasteiger partial charge on any atom is 0.163 e. The first-order valence-electron chi connectivity index (χ1n) is 8.91. The second-order valence-electron chi connectivity index (χ2n) is 8.76. The molecule has 0 bridgehead atoms. The minimum absolute atomic E-state index is 0.133. The summed E-state index contributed by atoms with van der Waals surface area (Å²) in [6.45, 7) is 12.8. The molecule has 0 N–H and O–H groups in total. The van der Waals surface area contributed by atoms with E-state index in [9.17, 15) is 0 Å². The largest absolute Gasteiger partial charge is 0.275 e. The Balaban J connectivity index is 2.05. The fourth-order valence-electron chi connectivity index (χ4n) is 2.53. The normalized spacial score (nSPS) is 12.4. The number of aromatic nitrogens is 5. The van der Waals surface area contributed by atoms with Crippen LogP contribution in [0, 0.1) is 0 Å². The molecule has 3 rings (SSSR count). The molecule has 5 heteroatoms. The fraction of sp³-hybridized carbons (Fsp3) is 0.429. The van der Waals surface area contributed by atoms with Crippen molar-refractivity contribution in [2.24, 2.45) is 7.05 Å². The summed E-state index contributed by atoms with van der Waals surface area (Å²) in [6, 6.07) is 10.2. The fourth-order valence-corrected chi connectivity index (χ4v) is 2.53. The van der Waals surface area contributed by atoms with Gasteiger partial charge in [-0.05, 0) is 6.07 Å². The van der Waals surface area contributed by atoms with Crippen molar-refractivity contribution in [2.75, 3.05) is 0 Å². The van der Waals surface area contributed by atoms with E-state index in [1.165, 1.54) is 0 Å². The highest BCUT2D eigenvalue weighted by Gasteiger charge is 2.25. The summed E-state index contributed by atoms with van der Waals surface area (Å²) in [4.78, 5) is 14.2. The van der Waals surface area contributed by atoms with Gasteiger partial charge in [0.2, 0.25) is 0 Å². The van der Waals surface area contributed by atoms with E-state index in [2.05, 4.69) is 70.9 Å². The Bertz CT molecular complexity index is 877. The summed E-state index contributed by atoms with van der Waals surface area (Å²) in [6.07, 6.45) is 1.94. The molecule has 0 unspecified atom stereocenters. The van der Waals surface area contributed by atoms with E-state index in [0.717, 1.165) is 34.3 Å². The average Bonchev–Trinajstić information content (AvgIpc) is 2.99. The molecule has 5 nitrogen and oxygen atoms in total. The molecule has 0 radical (unpaired) electrons. The first kappa shape index (κ1) is 18.2. The van der Waals surface area contributed by atoms with Crippen molar-refractivity contribution < 1.29 is 0 Å². The lowest BCUT2D eigenvalue weighted by Crippen LogP contribution is -2.24. The van der Waals surface area contributed by atoms with Gasteiger partial charge in [0.05, 0.1) is 5.69 Å². The number of aryl methyl sites for hydroxylation is 1. The molecule has 0 amide bonds. The van der Waals surface area contributed by atoms with Gasteiger partial charge in [0, 0.05) is 35.2 Å². The zero-order valence-corrected chi connectivity index (χ0v) is 16.7. The van der Waals surface area contributed by atoms with Gasteiger partial charge in [-0.2, -0.15) is 5.10 Å². The van der Waals surface area contributed by atoms with Gasteiger partial charge in [-0.15, -0.1) is 0 Å². The zero-order chi connectivity index (χ0) is 19.1. The third kappa shape index (κ3) is 3.82. The van der Waals surface area contributed by atoms with Crippen LogP contribution in [0.25, 0.3) is 22.6 Å².